The molecule has 1 atom stereocenters. The summed E-state index contributed by atoms with van der Waals surface area (Å²) in [5.41, 5.74) is -0.368. The van der Waals surface area contributed by atoms with Gasteiger partial charge in [-0.25, -0.2) is 0 Å². The maximum Gasteiger partial charge on any atom is 0.246 e. The summed E-state index contributed by atoms with van der Waals surface area (Å²) in [6, 6.07) is -0.396. The molecule has 2 aliphatic rings. The van der Waals surface area contributed by atoms with Gasteiger partial charge in [-0.1, -0.05) is 40.0 Å². The van der Waals surface area contributed by atoms with E-state index in [1.165, 1.54) is 6.42 Å². The second kappa shape index (κ2) is 4.80. The van der Waals surface area contributed by atoms with Crippen LogP contribution in [0.5, 0.6) is 0 Å². The Bertz CT molecular complexity index is 378. The third kappa shape index (κ3) is 2.77. The molecule has 0 aromatic heterocycles. The van der Waals surface area contributed by atoms with Gasteiger partial charge in [-0.3, -0.25) is 9.59 Å². The van der Waals surface area contributed by atoms with Gasteiger partial charge in [0.1, 0.15) is 12.6 Å². The molecule has 1 saturated carbocycles. The minimum Gasteiger partial charge on any atom is -0.342 e. The summed E-state index contributed by atoms with van der Waals surface area (Å²) < 4.78 is 0. The zero-order chi connectivity index (χ0) is 14.3. The molecule has 1 aliphatic heterocycles. The van der Waals surface area contributed by atoms with Crippen LogP contribution in [0.15, 0.2) is 0 Å². The van der Waals surface area contributed by atoms with Crippen molar-refractivity contribution in [3.05, 3.63) is 0 Å². The molecule has 1 aliphatic carbocycles. The molecule has 2 amide bonds. The van der Waals surface area contributed by atoms with Gasteiger partial charge in [0, 0.05) is 5.54 Å². The second-order valence-electron chi connectivity index (χ2n) is 7.35. The van der Waals surface area contributed by atoms with E-state index < -0.39 is 6.04 Å². The molecule has 0 aromatic carbocycles. The highest BCUT2D eigenvalue weighted by Gasteiger charge is 2.46. The van der Waals surface area contributed by atoms with Crippen molar-refractivity contribution in [1.29, 1.82) is 0 Å². The number of hydrogen-bond acceptors (Lipinski definition) is 2. The first-order valence-electron chi connectivity index (χ1n) is 7.35. The van der Waals surface area contributed by atoms with Crippen LogP contribution in [0.3, 0.4) is 0 Å². The minimum absolute atomic E-state index is 0.0219. The lowest BCUT2D eigenvalue weighted by Crippen LogP contribution is -2.67. The molecule has 1 heterocycles. The van der Waals surface area contributed by atoms with Crippen LogP contribution in [0.25, 0.3) is 0 Å². The summed E-state index contributed by atoms with van der Waals surface area (Å²) in [6.45, 7) is 8.37. The van der Waals surface area contributed by atoms with Crippen molar-refractivity contribution < 1.29 is 9.59 Å². The van der Waals surface area contributed by atoms with E-state index in [9.17, 15) is 9.59 Å². The van der Waals surface area contributed by atoms with E-state index in [1.54, 1.807) is 0 Å². The lowest BCUT2D eigenvalue weighted by atomic mass is 9.78. The molecular weight excluding hydrogens is 240 g/mol. The fourth-order valence-corrected chi connectivity index (χ4v) is 3.27. The Balaban J connectivity index is 2.24. The van der Waals surface area contributed by atoms with Crippen molar-refractivity contribution >= 4 is 11.8 Å². The molecule has 4 heteroatoms. The Labute approximate surface area is 115 Å². The zero-order valence-corrected chi connectivity index (χ0v) is 12.6. The summed E-state index contributed by atoms with van der Waals surface area (Å²) in [4.78, 5) is 26.5. The predicted octanol–water partition coefficient (Wildman–Crippen LogP) is 2.08. The average molecular weight is 266 g/mol. The molecule has 2 rings (SSSR count). The lowest BCUT2D eigenvalue weighted by Gasteiger charge is -2.49. The summed E-state index contributed by atoms with van der Waals surface area (Å²) in [5.74, 6) is 0.0721. The average Bonchev–Trinajstić information content (AvgIpc) is 2.31. The highest BCUT2D eigenvalue weighted by atomic mass is 16.2. The Morgan fingerprint density at radius 1 is 1.16 bits per heavy atom. The van der Waals surface area contributed by atoms with Crippen molar-refractivity contribution in [3.63, 3.8) is 0 Å². The Kier molecular flexibility index (Phi) is 3.63. The maximum absolute atomic E-state index is 12.7. The summed E-state index contributed by atoms with van der Waals surface area (Å²) >= 11 is 0. The standard InChI is InChI=1S/C15H26N2O2/c1-14(2,3)12-13(19)17(10-11(18)16-12)15(4)8-6-5-7-9-15/h12H,5-10H2,1-4H3,(H,16,18). The Hall–Kier alpha value is -1.06. The smallest absolute Gasteiger partial charge is 0.246 e. The molecule has 0 spiro atoms. The van der Waals surface area contributed by atoms with Crippen molar-refractivity contribution in [1.82, 2.24) is 10.2 Å². The maximum atomic E-state index is 12.7. The van der Waals surface area contributed by atoms with Crippen molar-refractivity contribution in [2.24, 2.45) is 5.41 Å². The molecule has 1 unspecified atom stereocenters. The molecule has 108 valence electrons. The van der Waals surface area contributed by atoms with Gasteiger partial charge in [0.05, 0.1) is 0 Å². The fraction of sp³-hybridized carbons (Fsp3) is 0.867. The molecular formula is C15H26N2O2. The number of nitrogens with one attached hydrogen (secondary N) is 1. The van der Waals surface area contributed by atoms with Crippen LogP contribution < -0.4 is 5.32 Å². The van der Waals surface area contributed by atoms with Gasteiger partial charge in [-0.15, -0.1) is 0 Å². The lowest BCUT2D eigenvalue weighted by molar-refractivity contribution is -0.154. The van der Waals surface area contributed by atoms with E-state index in [2.05, 4.69) is 12.2 Å². The van der Waals surface area contributed by atoms with E-state index in [0.29, 0.717) is 0 Å². The molecule has 2 fully saturated rings. The number of piperazine rings is 1. The number of carbonyl (C=O) groups excluding carboxylic acids is 2. The Morgan fingerprint density at radius 3 is 2.26 bits per heavy atom. The number of nitrogens with zero attached hydrogens (tertiary/aromatic N) is 1. The molecule has 0 radical (unpaired) electrons. The Morgan fingerprint density at radius 2 is 1.74 bits per heavy atom. The van der Waals surface area contributed by atoms with Gasteiger partial charge >= 0.3 is 0 Å². The van der Waals surface area contributed by atoms with Crippen molar-refractivity contribution in [3.8, 4) is 0 Å². The summed E-state index contributed by atoms with van der Waals surface area (Å²) in [7, 11) is 0. The quantitative estimate of drug-likeness (QED) is 0.790. The minimum atomic E-state index is -0.396. The highest BCUT2D eigenvalue weighted by molar-refractivity contribution is 5.95. The first kappa shape index (κ1) is 14.4. The van der Waals surface area contributed by atoms with Gasteiger partial charge in [0.2, 0.25) is 11.8 Å². The molecule has 0 bridgehead atoms. The van der Waals surface area contributed by atoms with Crippen molar-refractivity contribution in [2.75, 3.05) is 6.54 Å². The first-order valence-corrected chi connectivity index (χ1v) is 7.35. The van der Waals surface area contributed by atoms with Crippen LogP contribution in [0, 0.1) is 5.41 Å². The largest absolute Gasteiger partial charge is 0.342 e. The van der Waals surface area contributed by atoms with Crippen LogP contribution in [-0.4, -0.2) is 34.8 Å². The number of amides is 2. The monoisotopic (exact) mass is 266 g/mol. The van der Waals surface area contributed by atoms with E-state index in [0.717, 1.165) is 25.7 Å². The summed E-state index contributed by atoms with van der Waals surface area (Å²) in [6.07, 6.45) is 5.59. The molecule has 19 heavy (non-hydrogen) atoms. The molecule has 1 saturated heterocycles. The zero-order valence-electron chi connectivity index (χ0n) is 12.6. The number of rotatable bonds is 1. The third-order valence-electron chi connectivity index (χ3n) is 4.57. The number of carbonyl (C=O) groups is 2. The van der Waals surface area contributed by atoms with Crippen LogP contribution in [0.2, 0.25) is 0 Å². The van der Waals surface area contributed by atoms with Gasteiger partial charge in [-0.05, 0) is 25.2 Å². The van der Waals surface area contributed by atoms with Gasteiger partial charge in [-0.2, -0.15) is 0 Å². The predicted molar refractivity (Wildman–Crippen MR) is 74.6 cm³/mol. The number of hydrogen-bond donors (Lipinski definition) is 1. The van der Waals surface area contributed by atoms with Gasteiger partial charge in [0.15, 0.2) is 0 Å². The second-order valence-corrected chi connectivity index (χ2v) is 7.35. The SMILES string of the molecule is CC(C)(C)C1NC(=O)CN(C2(C)CCCCC2)C1=O. The molecule has 0 aromatic rings. The van der Waals surface area contributed by atoms with Crippen LogP contribution in [-0.2, 0) is 9.59 Å². The van der Waals surface area contributed by atoms with Gasteiger partial charge < -0.3 is 10.2 Å². The van der Waals surface area contributed by atoms with E-state index >= 15 is 0 Å². The third-order valence-corrected chi connectivity index (χ3v) is 4.57. The topological polar surface area (TPSA) is 49.4 Å². The van der Waals surface area contributed by atoms with E-state index in [4.69, 9.17) is 0 Å². The van der Waals surface area contributed by atoms with E-state index in [-0.39, 0.29) is 29.3 Å². The fourth-order valence-electron chi connectivity index (χ4n) is 3.27. The van der Waals surface area contributed by atoms with Crippen LogP contribution in [0.1, 0.15) is 59.8 Å². The first-order chi connectivity index (χ1) is 8.74. The highest BCUT2D eigenvalue weighted by Crippen LogP contribution is 2.36. The summed E-state index contributed by atoms with van der Waals surface area (Å²) in [5, 5.41) is 2.86. The van der Waals surface area contributed by atoms with Crippen LogP contribution in [0.4, 0.5) is 0 Å². The molecule has 4 nitrogen and oxygen atoms in total. The van der Waals surface area contributed by atoms with Gasteiger partial charge in [0.25, 0.3) is 0 Å². The van der Waals surface area contributed by atoms with E-state index in [1.807, 2.05) is 25.7 Å². The van der Waals surface area contributed by atoms with Crippen molar-refractivity contribution in [2.45, 2.75) is 71.4 Å². The molecule has 1 N–H and O–H groups in total. The van der Waals surface area contributed by atoms with Crippen LogP contribution >= 0.6 is 0 Å². The normalized spacial score (nSPS) is 28.2.